The van der Waals surface area contributed by atoms with Gasteiger partial charge in [-0.1, -0.05) is 78.9 Å². The molecule has 0 aromatic heterocycles. The van der Waals surface area contributed by atoms with Crippen LogP contribution < -0.4 is 34.7 Å². The predicted octanol–water partition coefficient (Wildman–Crippen LogP) is 0.807. The van der Waals surface area contributed by atoms with Gasteiger partial charge in [0.25, 0.3) is 0 Å². The molecule has 8 heteroatoms. The maximum absolute atomic E-state index is 13.4. The minimum Gasteiger partial charge on any atom is -0.861 e. The molecule has 0 saturated carbocycles. The summed E-state index contributed by atoms with van der Waals surface area (Å²) in [5.41, 5.74) is 1.52. The number of aliphatic imine (C=N–C) groups is 2. The Hall–Kier alpha value is -2.81. The molecule has 1 aliphatic rings. The van der Waals surface area contributed by atoms with Gasteiger partial charge in [-0.2, -0.15) is 0 Å². The predicted molar refractivity (Wildman–Crippen MR) is 143 cm³/mol. The molecule has 0 radical (unpaired) electrons. The topological polar surface area (TPSA) is 109 Å². The summed E-state index contributed by atoms with van der Waals surface area (Å²) in [5.74, 6) is -1.47. The molecule has 1 aliphatic heterocycles. The fourth-order valence-electron chi connectivity index (χ4n) is 4.62. The number of rotatable bonds is 9. The van der Waals surface area contributed by atoms with E-state index in [9.17, 15) is 20.1 Å². The molecular weight excluding hydrogens is 489 g/mol. The van der Waals surface area contributed by atoms with E-state index < -0.39 is 17.6 Å². The number of carbonyl (C=O) groups is 1. The molecule has 3 aromatic rings. The smallest absolute Gasteiger partial charge is 0.861 e. The van der Waals surface area contributed by atoms with Crippen LogP contribution in [0.15, 0.2) is 94.9 Å². The van der Waals surface area contributed by atoms with Crippen LogP contribution in [0.4, 0.5) is 5.69 Å². The van der Waals surface area contributed by atoms with Crippen LogP contribution in [-0.2, 0) is 11.3 Å². The summed E-state index contributed by atoms with van der Waals surface area (Å²) in [5, 5.41) is 33.8. The van der Waals surface area contributed by atoms with Crippen LogP contribution in [0.25, 0.3) is 0 Å². The minimum atomic E-state index is -1.60. The van der Waals surface area contributed by atoms with E-state index in [-0.39, 0.29) is 41.5 Å². The van der Waals surface area contributed by atoms with Crippen LogP contribution >= 0.6 is 0 Å². The van der Waals surface area contributed by atoms with Gasteiger partial charge in [-0.3, -0.25) is 14.9 Å². The molecule has 2 N–H and O–H groups in total. The standard InChI is InChI=1S/C30H33N3O4.Na/c1-30(2,37)27(29(35)36)32-26(22-14-7-4-8-15-22)23-16-9-10-17-24(23)31-28(34)25-18-11-19-33(25)20-21-12-5-3-6-13-21;/h3-10,12-17,25,27,37H,11,18-20H2,1-2H3,(H,31,34)(H,35,36);/q;+1/p-1/t25-,27-;/m0./s1. The molecule has 192 valence electrons. The summed E-state index contributed by atoms with van der Waals surface area (Å²) in [4.78, 5) is 23.2. The number of aliphatic hydroxyl groups is 1. The number of aliphatic carboxylic acids is 1. The number of hydrogen-bond donors (Lipinski definition) is 2. The van der Waals surface area contributed by atoms with Gasteiger partial charge in [0.05, 0.1) is 17.0 Å². The summed E-state index contributed by atoms with van der Waals surface area (Å²) in [6.45, 7) is 4.33. The average Bonchev–Trinajstić information content (AvgIpc) is 3.33. The van der Waals surface area contributed by atoms with Crippen LogP contribution in [0.2, 0.25) is 0 Å². The van der Waals surface area contributed by atoms with Gasteiger partial charge in [-0.05, 0) is 50.8 Å². The summed E-state index contributed by atoms with van der Waals surface area (Å²) in [6.07, 6.45) is 1.65. The molecule has 1 fully saturated rings. The van der Waals surface area contributed by atoms with Crippen molar-refractivity contribution in [3.63, 3.8) is 0 Å². The van der Waals surface area contributed by atoms with Gasteiger partial charge in [0.1, 0.15) is 0 Å². The van der Waals surface area contributed by atoms with Crippen LogP contribution in [-0.4, -0.2) is 56.9 Å². The molecule has 7 nitrogen and oxygen atoms in total. The van der Waals surface area contributed by atoms with Crippen LogP contribution in [0.1, 0.15) is 43.4 Å². The fraction of sp³-hybridized carbons (Fsp3) is 0.300. The van der Waals surface area contributed by atoms with Crippen molar-refractivity contribution in [2.24, 2.45) is 9.98 Å². The first-order chi connectivity index (χ1) is 17.7. The Balaban J connectivity index is 0.00000400. The molecule has 38 heavy (non-hydrogen) atoms. The number of nitrogens with zero attached hydrogens (tertiary/aromatic N) is 3. The number of hydrogen-bond acceptors (Lipinski definition) is 6. The minimum absolute atomic E-state index is 0. The molecular formula is C30H32N3NaO4. The first-order valence-electron chi connectivity index (χ1n) is 12.5. The Morgan fingerprint density at radius 3 is 2.26 bits per heavy atom. The number of para-hydroxylation sites is 1. The molecule has 2 atom stereocenters. The SMILES string of the molecule is CC(C)(O)[C@@H](N=C(c1ccccc1)c1ccccc1N=C([O-])[C@@H]1CCCN1Cc1ccccc1)C(=O)O.[Na+]. The maximum Gasteiger partial charge on any atom is 1.00 e. The third kappa shape index (κ3) is 7.40. The summed E-state index contributed by atoms with van der Waals surface area (Å²) < 4.78 is 0. The van der Waals surface area contributed by atoms with E-state index in [0.29, 0.717) is 29.1 Å². The first kappa shape index (κ1) is 29.7. The van der Waals surface area contributed by atoms with E-state index in [0.717, 1.165) is 24.9 Å². The van der Waals surface area contributed by atoms with Gasteiger partial charge in [0.2, 0.25) is 0 Å². The van der Waals surface area contributed by atoms with E-state index in [1.165, 1.54) is 13.8 Å². The fourth-order valence-corrected chi connectivity index (χ4v) is 4.62. The van der Waals surface area contributed by atoms with Crippen molar-refractivity contribution >= 4 is 23.3 Å². The van der Waals surface area contributed by atoms with Crippen molar-refractivity contribution in [1.82, 2.24) is 4.90 Å². The van der Waals surface area contributed by atoms with Crippen LogP contribution in [0, 0.1) is 0 Å². The molecule has 3 aromatic carbocycles. The number of likely N-dealkylation sites (tertiary alicyclic amines) is 1. The zero-order valence-electron chi connectivity index (χ0n) is 22.1. The zero-order valence-corrected chi connectivity index (χ0v) is 24.1. The second kappa shape index (κ2) is 13.3. The van der Waals surface area contributed by atoms with E-state index in [4.69, 9.17) is 0 Å². The summed E-state index contributed by atoms with van der Waals surface area (Å²) in [6, 6.07) is 24.6. The summed E-state index contributed by atoms with van der Waals surface area (Å²) in [7, 11) is 0. The Labute approximate surface area is 245 Å². The van der Waals surface area contributed by atoms with Gasteiger partial charge in [-0.25, -0.2) is 4.79 Å². The van der Waals surface area contributed by atoms with Gasteiger partial charge < -0.3 is 15.3 Å². The number of benzene rings is 3. The Kier molecular flexibility index (Phi) is 10.4. The number of carboxylic acid groups (broad SMARTS) is 1. The Morgan fingerprint density at radius 1 is 1.03 bits per heavy atom. The van der Waals surface area contributed by atoms with E-state index >= 15 is 0 Å². The van der Waals surface area contributed by atoms with Crippen molar-refractivity contribution in [3.8, 4) is 0 Å². The van der Waals surface area contributed by atoms with Gasteiger partial charge in [0, 0.05) is 23.7 Å². The molecule has 0 bridgehead atoms. The van der Waals surface area contributed by atoms with Crippen LogP contribution in [0.5, 0.6) is 0 Å². The van der Waals surface area contributed by atoms with Crippen molar-refractivity contribution in [1.29, 1.82) is 0 Å². The first-order valence-corrected chi connectivity index (χ1v) is 12.5. The molecule has 4 rings (SSSR count). The average molecular weight is 522 g/mol. The Morgan fingerprint density at radius 2 is 1.63 bits per heavy atom. The third-order valence-corrected chi connectivity index (χ3v) is 6.48. The van der Waals surface area contributed by atoms with Crippen molar-refractivity contribution in [3.05, 3.63) is 102 Å². The van der Waals surface area contributed by atoms with Gasteiger partial charge in [0.15, 0.2) is 6.04 Å². The quantitative estimate of drug-likeness (QED) is 0.246. The zero-order chi connectivity index (χ0) is 26.4. The molecule has 0 unspecified atom stereocenters. The van der Waals surface area contributed by atoms with Gasteiger partial charge in [-0.15, -0.1) is 0 Å². The maximum atomic E-state index is 13.4. The van der Waals surface area contributed by atoms with E-state index in [2.05, 4.69) is 27.0 Å². The molecule has 1 heterocycles. The largest absolute Gasteiger partial charge is 1.00 e. The normalized spacial score (nSPS) is 17.6. The van der Waals surface area contributed by atoms with Crippen LogP contribution in [0.3, 0.4) is 0 Å². The van der Waals surface area contributed by atoms with Gasteiger partial charge >= 0.3 is 35.5 Å². The van der Waals surface area contributed by atoms with E-state index in [1.807, 2.05) is 48.5 Å². The molecule has 0 amide bonds. The number of carboxylic acids is 1. The monoisotopic (exact) mass is 521 g/mol. The Bertz CT molecular complexity index is 1270. The molecule has 0 spiro atoms. The third-order valence-electron chi connectivity index (χ3n) is 6.48. The molecule has 1 saturated heterocycles. The second-order valence-corrected chi connectivity index (χ2v) is 9.82. The second-order valence-electron chi connectivity index (χ2n) is 9.82. The van der Waals surface area contributed by atoms with E-state index in [1.54, 1.807) is 24.3 Å². The van der Waals surface area contributed by atoms with Crippen molar-refractivity contribution in [2.45, 2.75) is 50.9 Å². The van der Waals surface area contributed by atoms with Crippen molar-refractivity contribution < 1.29 is 49.7 Å². The summed E-state index contributed by atoms with van der Waals surface area (Å²) >= 11 is 0. The molecule has 0 aliphatic carbocycles. The van der Waals surface area contributed by atoms with Crippen molar-refractivity contribution in [2.75, 3.05) is 6.54 Å².